The lowest BCUT2D eigenvalue weighted by molar-refractivity contribution is -0.147. The van der Waals surface area contributed by atoms with Crippen molar-refractivity contribution in [1.29, 1.82) is 0 Å². The molecule has 1 aliphatic rings. The molecule has 0 aromatic heterocycles. The summed E-state index contributed by atoms with van der Waals surface area (Å²) in [7, 11) is 0. The van der Waals surface area contributed by atoms with Crippen LogP contribution < -0.4 is 4.90 Å². The maximum Gasteiger partial charge on any atom is 0.311 e. The topological polar surface area (TPSA) is 46.6 Å². The van der Waals surface area contributed by atoms with Crippen LogP contribution in [-0.2, 0) is 14.3 Å². The fourth-order valence-corrected chi connectivity index (χ4v) is 2.22. The Hall–Kier alpha value is -1.84. The minimum Gasteiger partial charge on any atom is -0.466 e. The summed E-state index contributed by atoms with van der Waals surface area (Å²) in [5, 5.41) is 0. The van der Waals surface area contributed by atoms with Crippen molar-refractivity contribution < 1.29 is 14.3 Å². The van der Waals surface area contributed by atoms with E-state index in [4.69, 9.17) is 4.74 Å². The lowest BCUT2D eigenvalue weighted by Gasteiger charge is -2.18. The molecule has 1 atom stereocenters. The first-order valence-corrected chi connectivity index (χ1v) is 6.16. The van der Waals surface area contributed by atoms with Crippen LogP contribution in [-0.4, -0.2) is 25.0 Å². The molecule has 0 spiro atoms. The summed E-state index contributed by atoms with van der Waals surface area (Å²) in [5.41, 5.74) is 1.92. The largest absolute Gasteiger partial charge is 0.466 e. The lowest BCUT2D eigenvalue weighted by atomic mass is 10.1. The number of anilines is 1. The van der Waals surface area contributed by atoms with E-state index in [-0.39, 0.29) is 24.2 Å². The molecule has 1 amide bonds. The summed E-state index contributed by atoms with van der Waals surface area (Å²) in [6.45, 7) is 4.50. The standard InChI is InChI=1S/C14H17NO3/c1-3-18-14(17)11-8-13(16)15(9-11)12-7-5-4-6-10(12)2/h4-7,11H,3,8-9H2,1-2H3. The number of benzene rings is 1. The highest BCUT2D eigenvalue weighted by Crippen LogP contribution is 2.28. The Morgan fingerprint density at radius 1 is 1.44 bits per heavy atom. The Morgan fingerprint density at radius 3 is 2.83 bits per heavy atom. The van der Waals surface area contributed by atoms with Crippen molar-refractivity contribution in [2.24, 2.45) is 5.92 Å². The molecule has 1 aromatic carbocycles. The first-order chi connectivity index (χ1) is 8.63. The molecule has 1 aliphatic heterocycles. The molecule has 0 radical (unpaired) electrons. The fraction of sp³-hybridized carbons (Fsp3) is 0.429. The van der Waals surface area contributed by atoms with Crippen molar-refractivity contribution in [2.75, 3.05) is 18.1 Å². The summed E-state index contributed by atoms with van der Waals surface area (Å²) in [5.74, 6) is -0.624. The van der Waals surface area contributed by atoms with Crippen LogP contribution in [0.3, 0.4) is 0 Å². The Bertz CT molecular complexity index is 470. The predicted molar refractivity (Wildman–Crippen MR) is 68.3 cm³/mol. The van der Waals surface area contributed by atoms with E-state index in [0.717, 1.165) is 11.3 Å². The maximum atomic E-state index is 12.0. The highest BCUT2D eigenvalue weighted by molar-refractivity contribution is 5.99. The first-order valence-electron chi connectivity index (χ1n) is 6.16. The minimum absolute atomic E-state index is 0.0117. The molecule has 4 heteroatoms. The first kappa shape index (κ1) is 12.6. The number of hydrogen-bond acceptors (Lipinski definition) is 3. The van der Waals surface area contributed by atoms with Crippen molar-refractivity contribution in [2.45, 2.75) is 20.3 Å². The fourth-order valence-electron chi connectivity index (χ4n) is 2.22. The van der Waals surface area contributed by atoms with Gasteiger partial charge in [0.05, 0.1) is 12.5 Å². The molecule has 1 unspecified atom stereocenters. The molecule has 18 heavy (non-hydrogen) atoms. The number of carbonyl (C=O) groups is 2. The third kappa shape index (κ3) is 2.37. The number of para-hydroxylation sites is 1. The van der Waals surface area contributed by atoms with Crippen molar-refractivity contribution in [3.63, 3.8) is 0 Å². The molecule has 1 aromatic rings. The van der Waals surface area contributed by atoms with Gasteiger partial charge in [-0.05, 0) is 25.5 Å². The molecule has 0 N–H and O–H groups in total. The van der Waals surface area contributed by atoms with Crippen LogP contribution in [0, 0.1) is 12.8 Å². The minimum atomic E-state index is -0.336. The van der Waals surface area contributed by atoms with E-state index in [1.165, 1.54) is 0 Å². The number of ether oxygens (including phenoxy) is 1. The van der Waals surface area contributed by atoms with Crippen molar-refractivity contribution >= 4 is 17.6 Å². The number of aryl methyl sites for hydroxylation is 1. The second-order valence-corrected chi connectivity index (χ2v) is 4.44. The summed E-state index contributed by atoms with van der Waals surface area (Å²) in [4.78, 5) is 25.3. The Kier molecular flexibility index (Phi) is 3.65. The van der Waals surface area contributed by atoms with Gasteiger partial charge < -0.3 is 9.64 Å². The molecule has 0 aliphatic carbocycles. The zero-order chi connectivity index (χ0) is 13.1. The van der Waals surface area contributed by atoms with Crippen molar-refractivity contribution in [3.8, 4) is 0 Å². The van der Waals surface area contributed by atoms with Crippen LogP contribution >= 0.6 is 0 Å². The van der Waals surface area contributed by atoms with Crippen LogP contribution in [0.15, 0.2) is 24.3 Å². The zero-order valence-corrected chi connectivity index (χ0v) is 10.7. The van der Waals surface area contributed by atoms with Gasteiger partial charge in [0, 0.05) is 18.7 Å². The number of rotatable bonds is 3. The number of carbonyl (C=O) groups excluding carboxylic acids is 2. The molecule has 96 valence electrons. The van der Waals surface area contributed by atoms with Gasteiger partial charge in [-0.15, -0.1) is 0 Å². The van der Waals surface area contributed by atoms with Gasteiger partial charge in [0.25, 0.3) is 0 Å². The summed E-state index contributed by atoms with van der Waals surface area (Å²) in [6.07, 6.45) is 0.243. The number of nitrogens with zero attached hydrogens (tertiary/aromatic N) is 1. The summed E-state index contributed by atoms with van der Waals surface area (Å²) < 4.78 is 4.97. The molecule has 2 rings (SSSR count). The van der Waals surface area contributed by atoms with Crippen LogP contribution in [0.4, 0.5) is 5.69 Å². The van der Waals surface area contributed by atoms with E-state index in [1.54, 1.807) is 11.8 Å². The van der Waals surface area contributed by atoms with Gasteiger partial charge in [-0.25, -0.2) is 0 Å². The normalized spacial score (nSPS) is 19.1. The van der Waals surface area contributed by atoms with E-state index in [1.807, 2.05) is 31.2 Å². The van der Waals surface area contributed by atoms with Gasteiger partial charge in [-0.1, -0.05) is 18.2 Å². The van der Waals surface area contributed by atoms with Crippen molar-refractivity contribution in [3.05, 3.63) is 29.8 Å². The molecule has 0 bridgehead atoms. The third-order valence-electron chi connectivity index (χ3n) is 3.15. The average Bonchev–Trinajstić information content (AvgIpc) is 2.72. The van der Waals surface area contributed by atoms with Crippen LogP contribution in [0.1, 0.15) is 18.9 Å². The Morgan fingerprint density at radius 2 is 2.17 bits per heavy atom. The number of amides is 1. The predicted octanol–water partition coefficient (Wildman–Crippen LogP) is 1.91. The second-order valence-electron chi connectivity index (χ2n) is 4.44. The number of esters is 1. The van der Waals surface area contributed by atoms with E-state index >= 15 is 0 Å². The highest BCUT2D eigenvalue weighted by Gasteiger charge is 2.36. The maximum absolute atomic E-state index is 12.0. The van der Waals surface area contributed by atoms with Crippen LogP contribution in [0.5, 0.6) is 0 Å². The van der Waals surface area contributed by atoms with Crippen molar-refractivity contribution in [1.82, 2.24) is 0 Å². The van der Waals surface area contributed by atoms with E-state index in [9.17, 15) is 9.59 Å². The smallest absolute Gasteiger partial charge is 0.311 e. The highest BCUT2D eigenvalue weighted by atomic mass is 16.5. The van der Waals surface area contributed by atoms with Gasteiger partial charge in [-0.2, -0.15) is 0 Å². The van der Waals surface area contributed by atoms with Gasteiger partial charge >= 0.3 is 5.97 Å². The van der Waals surface area contributed by atoms with E-state index < -0.39 is 0 Å². The average molecular weight is 247 g/mol. The summed E-state index contributed by atoms with van der Waals surface area (Å²) >= 11 is 0. The SMILES string of the molecule is CCOC(=O)C1CC(=O)N(c2ccccc2C)C1. The quantitative estimate of drug-likeness (QED) is 0.766. The molecule has 1 saturated heterocycles. The van der Waals surface area contributed by atoms with Gasteiger partial charge in [-0.3, -0.25) is 9.59 Å². The van der Waals surface area contributed by atoms with Crippen LogP contribution in [0.2, 0.25) is 0 Å². The van der Waals surface area contributed by atoms with Gasteiger partial charge in [0.2, 0.25) is 5.91 Å². The molecule has 1 fully saturated rings. The molecule has 1 heterocycles. The summed E-state index contributed by atoms with van der Waals surface area (Å²) in [6, 6.07) is 7.69. The molecular formula is C14H17NO3. The molecular weight excluding hydrogens is 230 g/mol. The Labute approximate surface area is 107 Å². The van der Waals surface area contributed by atoms with E-state index in [2.05, 4.69) is 0 Å². The molecule has 0 saturated carbocycles. The molecule has 4 nitrogen and oxygen atoms in total. The second kappa shape index (κ2) is 5.21. The number of hydrogen-bond donors (Lipinski definition) is 0. The zero-order valence-electron chi connectivity index (χ0n) is 10.7. The van der Waals surface area contributed by atoms with Gasteiger partial charge in [0.15, 0.2) is 0 Å². The lowest BCUT2D eigenvalue weighted by Crippen LogP contribution is -2.27. The third-order valence-corrected chi connectivity index (χ3v) is 3.15. The van der Waals surface area contributed by atoms with E-state index in [0.29, 0.717) is 13.2 Å². The van der Waals surface area contributed by atoms with Gasteiger partial charge in [0.1, 0.15) is 0 Å². The Balaban J connectivity index is 2.15. The monoisotopic (exact) mass is 247 g/mol. The van der Waals surface area contributed by atoms with Crippen LogP contribution in [0.25, 0.3) is 0 Å².